The fourth-order valence-corrected chi connectivity index (χ4v) is 3.93. The number of ether oxygens (including phenoxy) is 1. The van der Waals surface area contributed by atoms with Crippen molar-refractivity contribution in [3.8, 4) is 5.75 Å². The zero-order valence-corrected chi connectivity index (χ0v) is 18.5. The topological polar surface area (TPSA) is 110 Å². The lowest BCUT2D eigenvalue weighted by Crippen LogP contribution is -2.29. The summed E-state index contributed by atoms with van der Waals surface area (Å²) < 4.78 is 5.66. The molecular formula is C26H22N2O6. The van der Waals surface area contributed by atoms with E-state index in [2.05, 4.69) is 0 Å². The lowest BCUT2D eigenvalue weighted by atomic mass is 9.95. The van der Waals surface area contributed by atoms with Gasteiger partial charge in [0, 0.05) is 23.4 Å². The number of nitro benzene ring substituents is 1. The molecule has 8 heteroatoms. The Labute approximate surface area is 195 Å². The highest BCUT2D eigenvalue weighted by Gasteiger charge is 2.47. The summed E-state index contributed by atoms with van der Waals surface area (Å²) in [4.78, 5) is 38.2. The van der Waals surface area contributed by atoms with E-state index in [1.807, 2.05) is 13.8 Å². The lowest BCUT2D eigenvalue weighted by molar-refractivity contribution is -0.384. The van der Waals surface area contributed by atoms with Crippen LogP contribution in [-0.2, 0) is 9.59 Å². The van der Waals surface area contributed by atoms with Crippen LogP contribution in [0.2, 0.25) is 0 Å². The summed E-state index contributed by atoms with van der Waals surface area (Å²) in [5.74, 6) is -1.54. The van der Waals surface area contributed by atoms with E-state index in [4.69, 9.17) is 4.74 Å². The number of nitro groups is 1. The first-order valence-electron chi connectivity index (χ1n) is 10.7. The minimum atomic E-state index is -0.919. The predicted octanol–water partition coefficient (Wildman–Crippen LogP) is 5.01. The fourth-order valence-electron chi connectivity index (χ4n) is 3.93. The quantitative estimate of drug-likeness (QED) is 0.183. The fraction of sp³-hybridized carbons (Fsp3) is 0.154. The van der Waals surface area contributed by atoms with Crippen molar-refractivity contribution in [2.45, 2.75) is 26.0 Å². The van der Waals surface area contributed by atoms with Gasteiger partial charge < -0.3 is 9.84 Å². The lowest BCUT2D eigenvalue weighted by Gasteiger charge is -2.25. The van der Waals surface area contributed by atoms with E-state index in [1.54, 1.807) is 54.6 Å². The molecule has 1 saturated heterocycles. The van der Waals surface area contributed by atoms with Crippen LogP contribution in [0.25, 0.3) is 5.76 Å². The molecule has 1 aliphatic rings. The molecule has 0 bridgehead atoms. The van der Waals surface area contributed by atoms with Crippen molar-refractivity contribution in [3.63, 3.8) is 0 Å². The van der Waals surface area contributed by atoms with Gasteiger partial charge in [-0.05, 0) is 43.7 Å². The Morgan fingerprint density at radius 1 is 1.00 bits per heavy atom. The summed E-state index contributed by atoms with van der Waals surface area (Å²) in [6.45, 7) is 3.80. The smallest absolute Gasteiger partial charge is 0.300 e. The van der Waals surface area contributed by atoms with Gasteiger partial charge in [-0.1, -0.05) is 42.5 Å². The van der Waals surface area contributed by atoms with Crippen molar-refractivity contribution in [2.24, 2.45) is 0 Å². The molecule has 34 heavy (non-hydrogen) atoms. The van der Waals surface area contributed by atoms with Crippen LogP contribution in [0.1, 0.15) is 31.0 Å². The summed E-state index contributed by atoms with van der Waals surface area (Å²) in [6, 6.07) is 20.0. The molecule has 0 spiro atoms. The van der Waals surface area contributed by atoms with Crippen molar-refractivity contribution in [1.29, 1.82) is 0 Å². The summed E-state index contributed by atoms with van der Waals surface area (Å²) in [7, 11) is 0. The molecule has 3 aromatic rings. The second-order valence-corrected chi connectivity index (χ2v) is 8.05. The average molecular weight is 458 g/mol. The number of aliphatic hydroxyl groups excluding tert-OH is 1. The third-order valence-electron chi connectivity index (χ3n) is 5.38. The van der Waals surface area contributed by atoms with Gasteiger partial charge in [-0.25, -0.2) is 0 Å². The second kappa shape index (κ2) is 9.19. The van der Waals surface area contributed by atoms with E-state index in [-0.39, 0.29) is 22.9 Å². The first kappa shape index (κ1) is 22.7. The zero-order valence-electron chi connectivity index (χ0n) is 18.5. The number of hydrogen-bond donors (Lipinski definition) is 1. The molecule has 8 nitrogen and oxygen atoms in total. The summed E-state index contributed by atoms with van der Waals surface area (Å²) in [5, 5.41) is 22.3. The van der Waals surface area contributed by atoms with Gasteiger partial charge in [0.25, 0.3) is 17.4 Å². The third kappa shape index (κ3) is 4.25. The van der Waals surface area contributed by atoms with Crippen LogP contribution in [0.3, 0.4) is 0 Å². The van der Waals surface area contributed by atoms with E-state index in [9.17, 15) is 24.8 Å². The Morgan fingerprint density at radius 3 is 2.29 bits per heavy atom. The van der Waals surface area contributed by atoms with Crippen molar-refractivity contribution >= 4 is 28.8 Å². The van der Waals surface area contributed by atoms with Gasteiger partial charge in [0.05, 0.1) is 22.6 Å². The number of carbonyl (C=O) groups excluding carboxylic acids is 2. The van der Waals surface area contributed by atoms with Crippen LogP contribution in [0, 0.1) is 10.1 Å². The second-order valence-electron chi connectivity index (χ2n) is 8.05. The van der Waals surface area contributed by atoms with Gasteiger partial charge in [0.2, 0.25) is 0 Å². The van der Waals surface area contributed by atoms with Gasteiger partial charge in [-0.3, -0.25) is 24.6 Å². The Kier molecular flexibility index (Phi) is 6.14. The van der Waals surface area contributed by atoms with Crippen LogP contribution < -0.4 is 9.64 Å². The minimum Gasteiger partial charge on any atom is -0.507 e. The van der Waals surface area contributed by atoms with Crippen LogP contribution in [0.4, 0.5) is 11.4 Å². The number of hydrogen-bond acceptors (Lipinski definition) is 6. The molecule has 0 aromatic heterocycles. The SMILES string of the molecule is CC(C)Oc1ccc(N2C(=O)C(=O)/C(=C(\O)c3cccc([N+](=O)[O-])c3)C2c2ccccc2)cc1. The van der Waals surface area contributed by atoms with E-state index in [0.717, 1.165) is 0 Å². The maximum Gasteiger partial charge on any atom is 0.300 e. The molecule has 4 rings (SSSR count). The maximum absolute atomic E-state index is 13.2. The Morgan fingerprint density at radius 2 is 1.68 bits per heavy atom. The summed E-state index contributed by atoms with van der Waals surface area (Å²) >= 11 is 0. The molecule has 172 valence electrons. The van der Waals surface area contributed by atoms with E-state index < -0.39 is 28.4 Å². The van der Waals surface area contributed by atoms with Crippen molar-refractivity contribution in [3.05, 3.63) is 106 Å². The normalized spacial score (nSPS) is 17.3. The number of rotatable bonds is 6. The Hall–Kier alpha value is -4.46. The van der Waals surface area contributed by atoms with Crippen molar-refractivity contribution in [2.75, 3.05) is 4.90 Å². The van der Waals surface area contributed by atoms with E-state index in [0.29, 0.717) is 17.0 Å². The molecule has 0 radical (unpaired) electrons. The summed E-state index contributed by atoms with van der Waals surface area (Å²) in [5.41, 5.74) is 0.754. The average Bonchev–Trinajstić information content (AvgIpc) is 3.10. The van der Waals surface area contributed by atoms with Gasteiger partial charge in [0.15, 0.2) is 0 Å². The number of carbonyl (C=O) groups is 2. The summed E-state index contributed by atoms with van der Waals surface area (Å²) in [6.07, 6.45) is -0.0284. The van der Waals surface area contributed by atoms with Crippen LogP contribution in [-0.4, -0.2) is 27.8 Å². The predicted molar refractivity (Wildman–Crippen MR) is 127 cm³/mol. The number of ketones is 1. The van der Waals surface area contributed by atoms with Crippen LogP contribution in [0.15, 0.2) is 84.4 Å². The van der Waals surface area contributed by atoms with E-state index >= 15 is 0 Å². The largest absolute Gasteiger partial charge is 0.507 e. The first-order chi connectivity index (χ1) is 16.3. The van der Waals surface area contributed by atoms with Gasteiger partial charge >= 0.3 is 0 Å². The standard InChI is InChI=1S/C26H22N2O6/c1-16(2)34-21-13-11-19(12-14-21)27-23(17-7-4-3-5-8-17)22(25(30)26(27)31)24(29)18-9-6-10-20(15-18)28(32)33/h3-16,23,29H,1-2H3/b24-22-. The molecule has 3 aromatic carbocycles. The third-order valence-corrected chi connectivity index (χ3v) is 5.38. The Balaban J connectivity index is 1.86. The molecule has 0 aliphatic carbocycles. The van der Waals surface area contributed by atoms with Crippen LogP contribution >= 0.6 is 0 Å². The van der Waals surface area contributed by atoms with Crippen LogP contribution in [0.5, 0.6) is 5.75 Å². The molecule has 1 unspecified atom stereocenters. The number of anilines is 1. The van der Waals surface area contributed by atoms with Gasteiger partial charge in [-0.2, -0.15) is 0 Å². The molecular weight excluding hydrogens is 436 g/mol. The molecule has 1 atom stereocenters. The molecule has 1 fully saturated rings. The highest BCUT2D eigenvalue weighted by molar-refractivity contribution is 6.51. The molecule has 1 amide bonds. The van der Waals surface area contributed by atoms with Gasteiger partial charge in [0.1, 0.15) is 11.5 Å². The number of non-ortho nitro benzene ring substituents is 1. The molecule has 0 saturated carbocycles. The number of nitrogens with zero attached hydrogens (tertiary/aromatic N) is 2. The molecule has 1 heterocycles. The van der Waals surface area contributed by atoms with Crippen molar-refractivity contribution < 1.29 is 24.4 Å². The molecule has 1 N–H and O–H groups in total. The highest BCUT2D eigenvalue weighted by Crippen LogP contribution is 2.42. The molecule has 1 aliphatic heterocycles. The number of amides is 1. The zero-order chi connectivity index (χ0) is 24.4. The number of aliphatic hydroxyl groups is 1. The highest BCUT2D eigenvalue weighted by atomic mass is 16.6. The number of benzene rings is 3. The number of Topliss-reactive ketones (excluding diaryl/α,β-unsaturated/α-hetero) is 1. The first-order valence-corrected chi connectivity index (χ1v) is 10.7. The Bertz CT molecular complexity index is 1280. The monoisotopic (exact) mass is 458 g/mol. The van der Waals surface area contributed by atoms with Crippen molar-refractivity contribution in [1.82, 2.24) is 0 Å². The minimum absolute atomic E-state index is 0.0284. The van der Waals surface area contributed by atoms with E-state index in [1.165, 1.54) is 29.2 Å². The maximum atomic E-state index is 13.2. The van der Waals surface area contributed by atoms with Gasteiger partial charge in [-0.15, -0.1) is 0 Å².